The molecule has 3 heteroatoms. The zero-order chi connectivity index (χ0) is 29.7. The van der Waals surface area contributed by atoms with Crippen LogP contribution in [-0.2, 0) is 5.41 Å². The average molecular weight is 572 g/mol. The van der Waals surface area contributed by atoms with E-state index in [4.69, 9.17) is 5.73 Å². The maximum Gasteiger partial charge on any atom is 0.153 e. The van der Waals surface area contributed by atoms with Crippen LogP contribution in [0.2, 0.25) is 0 Å². The van der Waals surface area contributed by atoms with Crippen molar-refractivity contribution in [3.05, 3.63) is 179 Å². The van der Waals surface area contributed by atoms with Gasteiger partial charge in [0.2, 0.25) is 0 Å². The van der Waals surface area contributed by atoms with Crippen molar-refractivity contribution in [2.75, 3.05) is 4.90 Å². The van der Waals surface area contributed by atoms with E-state index in [2.05, 4.69) is 156 Å². The van der Waals surface area contributed by atoms with E-state index in [0.29, 0.717) is 0 Å². The number of nitrogens with one attached hydrogen (secondary N) is 1. The number of allylic oxidation sites excluding steroid dienone is 9. The Hall–Kier alpha value is -4.82. The fourth-order valence-corrected chi connectivity index (χ4v) is 8.28. The molecule has 3 aromatic rings. The minimum atomic E-state index is -0.467. The van der Waals surface area contributed by atoms with Crippen LogP contribution in [0.4, 0.5) is 5.69 Å². The molecule has 0 fully saturated rings. The largest absolute Gasteiger partial charge is 0.346 e. The lowest BCUT2D eigenvalue weighted by Gasteiger charge is -2.40. The van der Waals surface area contributed by atoms with Crippen LogP contribution in [0.1, 0.15) is 47.4 Å². The Labute approximate surface area is 260 Å². The predicted octanol–water partition coefficient (Wildman–Crippen LogP) is 8.31. The van der Waals surface area contributed by atoms with Crippen molar-refractivity contribution in [1.82, 2.24) is 5.32 Å². The van der Waals surface area contributed by atoms with Crippen molar-refractivity contribution < 1.29 is 0 Å². The third-order valence-electron chi connectivity index (χ3n) is 10.1. The highest BCUT2D eigenvalue weighted by atomic mass is 15.4. The van der Waals surface area contributed by atoms with Crippen molar-refractivity contribution >= 4 is 5.69 Å². The summed E-state index contributed by atoms with van der Waals surface area (Å²) < 4.78 is 0. The summed E-state index contributed by atoms with van der Waals surface area (Å²) in [6.07, 6.45) is 27.3. The van der Waals surface area contributed by atoms with Crippen molar-refractivity contribution in [2.24, 2.45) is 11.7 Å². The Morgan fingerprint density at radius 1 is 0.886 bits per heavy atom. The normalized spacial score (nSPS) is 25.9. The van der Waals surface area contributed by atoms with Crippen molar-refractivity contribution in [3.63, 3.8) is 0 Å². The predicted molar refractivity (Wildman–Crippen MR) is 182 cm³/mol. The van der Waals surface area contributed by atoms with Crippen LogP contribution >= 0.6 is 0 Å². The molecule has 0 saturated carbocycles. The number of anilines is 1. The fourth-order valence-electron chi connectivity index (χ4n) is 8.28. The Morgan fingerprint density at radius 2 is 1.70 bits per heavy atom. The molecule has 44 heavy (non-hydrogen) atoms. The molecule has 3 nitrogen and oxygen atoms in total. The molecule has 216 valence electrons. The van der Waals surface area contributed by atoms with Gasteiger partial charge in [-0.3, -0.25) is 5.73 Å². The maximum absolute atomic E-state index is 7.13. The molecule has 0 saturated heterocycles. The number of hydrogen-bond donors (Lipinski definition) is 2. The molecule has 1 aliphatic heterocycles. The van der Waals surface area contributed by atoms with Crippen LogP contribution in [0.25, 0.3) is 11.1 Å². The van der Waals surface area contributed by atoms with Crippen LogP contribution in [0.15, 0.2) is 157 Å². The van der Waals surface area contributed by atoms with Crippen molar-refractivity contribution in [1.29, 1.82) is 0 Å². The second-order valence-electron chi connectivity index (χ2n) is 12.3. The maximum atomic E-state index is 7.13. The molecular weight excluding hydrogens is 534 g/mol. The Morgan fingerprint density at radius 3 is 2.50 bits per heavy atom. The molecule has 0 radical (unpaired) electrons. The minimum absolute atomic E-state index is 0.112. The van der Waals surface area contributed by atoms with Gasteiger partial charge in [-0.2, -0.15) is 0 Å². The van der Waals surface area contributed by atoms with E-state index in [9.17, 15) is 0 Å². The van der Waals surface area contributed by atoms with E-state index in [1.54, 1.807) is 0 Å². The van der Waals surface area contributed by atoms with Gasteiger partial charge in [0.15, 0.2) is 6.29 Å². The van der Waals surface area contributed by atoms with Crippen LogP contribution in [-0.4, -0.2) is 12.3 Å². The second-order valence-corrected chi connectivity index (χ2v) is 12.3. The monoisotopic (exact) mass is 571 g/mol. The first-order valence-corrected chi connectivity index (χ1v) is 15.8. The van der Waals surface area contributed by atoms with E-state index < -0.39 is 6.29 Å². The second kappa shape index (κ2) is 10.7. The first-order chi connectivity index (χ1) is 21.7. The van der Waals surface area contributed by atoms with Gasteiger partial charge in [0.05, 0.1) is 17.2 Å². The molecular formula is C41H37N3. The molecule has 0 bridgehead atoms. The molecule has 4 aliphatic carbocycles. The molecule has 3 N–H and O–H groups in total. The molecule has 3 aromatic carbocycles. The van der Waals surface area contributed by atoms with Gasteiger partial charge in [-0.25, -0.2) is 0 Å². The summed E-state index contributed by atoms with van der Waals surface area (Å²) in [6.45, 7) is 4.01. The smallest absolute Gasteiger partial charge is 0.153 e. The summed E-state index contributed by atoms with van der Waals surface area (Å²) in [5.41, 5.74) is 21.1. The number of hydrogen-bond acceptors (Lipinski definition) is 3. The molecule has 0 aromatic heterocycles. The van der Waals surface area contributed by atoms with Crippen LogP contribution in [0.3, 0.4) is 0 Å². The number of nitrogens with two attached hydrogens (primary N) is 1. The SMILES string of the molecule is C=C=C(NC(N)N1c2cc3c(cc2C2C=CC=CC21)-c1ccccc1C3(c1ccccc1)C1C=CC=CC1)C1=CCCC=C1. The van der Waals surface area contributed by atoms with Gasteiger partial charge in [-0.15, -0.1) is 5.73 Å². The van der Waals surface area contributed by atoms with E-state index in [-0.39, 0.29) is 23.3 Å². The van der Waals surface area contributed by atoms with Gasteiger partial charge in [0.25, 0.3) is 0 Å². The number of fused-ring (bicyclic) bond motifs is 6. The topological polar surface area (TPSA) is 41.3 Å². The van der Waals surface area contributed by atoms with E-state index >= 15 is 0 Å². The summed E-state index contributed by atoms with van der Waals surface area (Å²) in [4.78, 5) is 2.38. The Bertz CT molecular complexity index is 1860. The summed E-state index contributed by atoms with van der Waals surface area (Å²) in [5.74, 6) is 0.494. The fraction of sp³-hybridized carbons (Fsp3) is 0.195. The zero-order valence-electron chi connectivity index (χ0n) is 24.9. The molecule has 5 unspecified atom stereocenters. The molecule has 1 heterocycles. The third kappa shape index (κ3) is 3.94. The Balaban J connectivity index is 1.33. The molecule has 5 aliphatic rings. The van der Waals surface area contributed by atoms with Crippen LogP contribution in [0.5, 0.6) is 0 Å². The van der Waals surface area contributed by atoms with E-state index in [0.717, 1.165) is 30.5 Å². The molecule has 5 atom stereocenters. The lowest BCUT2D eigenvalue weighted by Crippen LogP contribution is -2.55. The average Bonchev–Trinajstić information content (AvgIpc) is 3.57. The van der Waals surface area contributed by atoms with Gasteiger partial charge in [-0.1, -0.05) is 128 Å². The van der Waals surface area contributed by atoms with Crippen LogP contribution in [0, 0.1) is 5.92 Å². The highest BCUT2D eigenvalue weighted by Gasteiger charge is 2.51. The summed E-state index contributed by atoms with van der Waals surface area (Å²) >= 11 is 0. The minimum Gasteiger partial charge on any atom is -0.346 e. The third-order valence-corrected chi connectivity index (χ3v) is 10.1. The van der Waals surface area contributed by atoms with Crippen molar-refractivity contribution in [3.8, 4) is 11.1 Å². The molecule has 0 spiro atoms. The number of rotatable bonds is 6. The van der Waals surface area contributed by atoms with E-state index in [1.807, 2.05) is 0 Å². The number of benzene rings is 3. The van der Waals surface area contributed by atoms with Gasteiger partial charge in [-0.05, 0) is 70.7 Å². The lowest BCUT2D eigenvalue weighted by atomic mass is 9.62. The van der Waals surface area contributed by atoms with Gasteiger partial charge < -0.3 is 10.2 Å². The van der Waals surface area contributed by atoms with Crippen LogP contribution < -0.4 is 16.0 Å². The molecule has 0 amide bonds. The summed E-state index contributed by atoms with van der Waals surface area (Å²) in [7, 11) is 0. The van der Waals surface area contributed by atoms with E-state index in [1.165, 1.54) is 39.1 Å². The highest BCUT2D eigenvalue weighted by Crippen LogP contribution is 2.60. The van der Waals surface area contributed by atoms with Gasteiger partial charge >= 0.3 is 0 Å². The summed E-state index contributed by atoms with van der Waals surface area (Å²) in [5, 5.41) is 3.60. The van der Waals surface area contributed by atoms with Gasteiger partial charge in [0.1, 0.15) is 0 Å². The van der Waals surface area contributed by atoms with Crippen molar-refractivity contribution in [2.45, 2.75) is 42.9 Å². The zero-order valence-corrected chi connectivity index (χ0v) is 24.9. The quantitative estimate of drug-likeness (QED) is 0.231. The van der Waals surface area contributed by atoms with Gasteiger partial charge in [0, 0.05) is 17.2 Å². The first-order valence-electron chi connectivity index (χ1n) is 15.8. The lowest BCUT2D eigenvalue weighted by molar-refractivity contribution is 0.457. The molecule has 8 rings (SSSR count). The Kier molecular flexibility index (Phi) is 6.52. The first kappa shape index (κ1) is 26.8. The summed E-state index contributed by atoms with van der Waals surface area (Å²) in [6, 6.07) is 25.2. The standard InChI is InChI=1S/C41H37N3/c1-2-37(28-16-6-3-7-17-28)43-40(42)44-38-25-15-13-23-32(38)34-26-33-31-22-12-14-24-35(31)41(36(33)27-39(34)44,29-18-8-4-9-19-29)30-20-10-5-11-21-30/h4-6,8-20,22-27,30,32,38,40,43H,1,3,7,21,42H2. The number of nitrogens with zero attached hydrogens (tertiary/aromatic N) is 1. The highest BCUT2D eigenvalue weighted by molar-refractivity contribution is 5.88.